The molecule has 1 unspecified atom stereocenters. The van der Waals surface area contributed by atoms with Crippen LogP contribution in [0.25, 0.3) is 0 Å². The molecule has 1 aromatic rings. The molecule has 0 bridgehead atoms. The van der Waals surface area contributed by atoms with Crippen LogP contribution in [-0.2, 0) is 11.3 Å². The van der Waals surface area contributed by atoms with Crippen LogP contribution in [0.1, 0.15) is 31.7 Å². The van der Waals surface area contributed by atoms with Gasteiger partial charge in [-0.25, -0.2) is 0 Å². The third-order valence-electron chi connectivity index (χ3n) is 5.48. The predicted molar refractivity (Wildman–Crippen MR) is 131 cm³/mol. The van der Waals surface area contributed by atoms with Crippen molar-refractivity contribution in [2.24, 2.45) is 4.99 Å². The maximum absolute atomic E-state index is 5.66. The van der Waals surface area contributed by atoms with Crippen molar-refractivity contribution in [2.75, 3.05) is 59.0 Å². The van der Waals surface area contributed by atoms with Crippen LogP contribution in [-0.4, -0.2) is 80.8 Å². The Labute approximate surface area is 193 Å². The zero-order chi connectivity index (χ0) is 19.4. The molecule has 0 radical (unpaired) electrons. The summed E-state index contributed by atoms with van der Waals surface area (Å²) < 4.78 is 5.66. The quantitative estimate of drug-likeness (QED) is 0.229. The number of piperazine rings is 1. The molecule has 0 aliphatic carbocycles. The predicted octanol–water partition coefficient (Wildman–Crippen LogP) is 2.55. The highest BCUT2D eigenvalue weighted by Gasteiger charge is 2.17. The second-order valence-electron chi connectivity index (χ2n) is 7.74. The third-order valence-corrected chi connectivity index (χ3v) is 5.48. The van der Waals surface area contributed by atoms with Gasteiger partial charge in [0.05, 0.1) is 12.6 Å². The van der Waals surface area contributed by atoms with Gasteiger partial charge in [-0.2, -0.15) is 0 Å². The summed E-state index contributed by atoms with van der Waals surface area (Å²) in [5.74, 6) is 0.922. The zero-order valence-electron chi connectivity index (χ0n) is 17.8. The molecule has 2 aliphatic heterocycles. The fraction of sp³-hybridized carbons (Fsp3) is 0.682. The number of benzene rings is 1. The third kappa shape index (κ3) is 9.19. The topological polar surface area (TPSA) is 52.1 Å². The van der Waals surface area contributed by atoms with Crippen molar-refractivity contribution in [3.8, 4) is 0 Å². The molecule has 2 fully saturated rings. The second-order valence-corrected chi connectivity index (χ2v) is 7.74. The molecule has 164 valence electrons. The van der Waals surface area contributed by atoms with Gasteiger partial charge < -0.3 is 20.3 Å². The Balaban J connectivity index is 0.00000300. The summed E-state index contributed by atoms with van der Waals surface area (Å²) in [6, 6.07) is 10.8. The molecule has 1 aromatic carbocycles. The molecule has 6 nitrogen and oxygen atoms in total. The van der Waals surface area contributed by atoms with Crippen LogP contribution in [0.3, 0.4) is 0 Å². The lowest BCUT2D eigenvalue weighted by molar-refractivity contribution is 0.117. The maximum atomic E-state index is 5.66. The van der Waals surface area contributed by atoms with Crippen LogP contribution >= 0.6 is 24.0 Å². The summed E-state index contributed by atoms with van der Waals surface area (Å²) in [4.78, 5) is 9.82. The summed E-state index contributed by atoms with van der Waals surface area (Å²) in [5, 5.41) is 6.81. The first-order valence-corrected chi connectivity index (χ1v) is 11.0. The standard InChI is InChI=1S/C22H37N5O.HI/c1-2-23-22(25-18-21-10-6-17-28-21)24-11-7-12-26-13-15-27(16-14-26)19-20-8-4-3-5-9-20;/h3-5,8-9,21H,2,6-7,10-19H2,1H3,(H2,23,24,25);1H. The molecule has 2 N–H and O–H groups in total. The van der Waals surface area contributed by atoms with Crippen molar-refractivity contribution in [1.82, 2.24) is 20.4 Å². The van der Waals surface area contributed by atoms with Crippen LogP contribution in [0, 0.1) is 0 Å². The lowest BCUT2D eigenvalue weighted by Gasteiger charge is -2.34. The summed E-state index contributed by atoms with van der Waals surface area (Å²) >= 11 is 0. The van der Waals surface area contributed by atoms with Gasteiger partial charge >= 0.3 is 0 Å². The van der Waals surface area contributed by atoms with Crippen LogP contribution in [0.4, 0.5) is 0 Å². The van der Waals surface area contributed by atoms with Gasteiger partial charge in [0.1, 0.15) is 0 Å². The molecule has 0 spiro atoms. The number of ether oxygens (including phenoxy) is 1. The van der Waals surface area contributed by atoms with E-state index in [9.17, 15) is 0 Å². The van der Waals surface area contributed by atoms with Gasteiger partial charge in [0.2, 0.25) is 0 Å². The minimum absolute atomic E-state index is 0. The Hall–Kier alpha value is -0.900. The Kier molecular flexibility index (Phi) is 11.9. The maximum Gasteiger partial charge on any atom is 0.191 e. The van der Waals surface area contributed by atoms with E-state index in [0.29, 0.717) is 6.10 Å². The van der Waals surface area contributed by atoms with E-state index < -0.39 is 0 Å². The first-order chi connectivity index (χ1) is 13.8. The Morgan fingerprint density at radius 2 is 1.86 bits per heavy atom. The van der Waals surface area contributed by atoms with E-state index in [-0.39, 0.29) is 24.0 Å². The van der Waals surface area contributed by atoms with Crippen LogP contribution in [0.5, 0.6) is 0 Å². The normalized spacial score (nSPS) is 21.0. The minimum atomic E-state index is 0. The molecule has 2 heterocycles. The Morgan fingerprint density at radius 3 is 2.55 bits per heavy atom. The van der Waals surface area contributed by atoms with Crippen LogP contribution < -0.4 is 10.6 Å². The number of halogens is 1. The van der Waals surface area contributed by atoms with E-state index in [2.05, 4.69) is 62.7 Å². The highest BCUT2D eigenvalue weighted by atomic mass is 127. The SMILES string of the molecule is CCNC(=NCC1CCCO1)NCCCN1CCN(Cc2ccccc2)CC1.I. The Morgan fingerprint density at radius 1 is 1.10 bits per heavy atom. The number of rotatable bonds is 9. The number of nitrogens with one attached hydrogen (secondary N) is 2. The molecule has 2 saturated heterocycles. The molecule has 3 rings (SSSR count). The monoisotopic (exact) mass is 515 g/mol. The molecule has 0 saturated carbocycles. The summed E-state index contributed by atoms with van der Waals surface area (Å²) in [6.45, 7) is 12.5. The van der Waals surface area contributed by atoms with E-state index in [4.69, 9.17) is 4.74 Å². The molecular formula is C22H38IN5O. The number of aliphatic imine (C=N–C) groups is 1. The second kappa shape index (κ2) is 14.2. The molecule has 0 amide bonds. The van der Waals surface area contributed by atoms with Crippen molar-refractivity contribution in [3.63, 3.8) is 0 Å². The first kappa shape index (κ1) is 24.4. The van der Waals surface area contributed by atoms with E-state index in [0.717, 1.165) is 71.2 Å². The van der Waals surface area contributed by atoms with Crippen molar-refractivity contribution >= 4 is 29.9 Å². The van der Waals surface area contributed by atoms with E-state index in [1.54, 1.807) is 0 Å². The molecule has 29 heavy (non-hydrogen) atoms. The Bertz CT molecular complexity index is 572. The van der Waals surface area contributed by atoms with E-state index >= 15 is 0 Å². The van der Waals surface area contributed by atoms with Gasteiger partial charge in [0.15, 0.2) is 5.96 Å². The summed E-state index contributed by atoms with van der Waals surface area (Å²) in [5.41, 5.74) is 1.42. The van der Waals surface area contributed by atoms with Gasteiger partial charge in [-0.15, -0.1) is 24.0 Å². The number of hydrogen-bond donors (Lipinski definition) is 2. The van der Waals surface area contributed by atoms with Gasteiger partial charge in [-0.3, -0.25) is 9.89 Å². The molecule has 2 aliphatic rings. The van der Waals surface area contributed by atoms with Gasteiger partial charge in [0, 0.05) is 52.4 Å². The van der Waals surface area contributed by atoms with Crippen LogP contribution in [0.15, 0.2) is 35.3 Å². The van der Waals surface area contributed by atoms with Crippen molar-refractivity contribution < 1.29 is 4.74 Å². The van der Waals surface area contributed by atoms with Gasteiger partial charge in [-0.1, -0.05) is 30.3 Å². The van der Waals surface area contributed by atoms with Crippen molar-refractivity contribution in [3.05, 3.63) is 35.9 Å². The summed E-state index contributed by atoms with van der Waals surface area (Å²) in [6.07, 6.45) is 3.76. The lowest BCUT2D eigenvalue weighted by Crippen LogP contribution is -2.46. The molecular weight excluding hydrogens is 477 g/mol. The van der Waals surface area contributed by atoms with E-state index in [1.165, 1.54) is 25.1 Å². The van der Waals surface area contributed by atoms with E-state index in [1.807, 2.05) is 0 Å². The highest BCUT2D eigenvalue weighted by Crippen LogP contribution is 2.12. The number of hydrogen-bond acceptors (Lipinski definition) is 4. The molecule has 7 heteroatoms. The summed E-state index contributed by atoms with van der Waals surface area (Å²) in [7, 11) is 0. The van der Waals surface area contributed by atoms with Gasteiger partial charge in [0.25, 0.3) is 0 Å². The average Bonchev–Trinajstić information content (AvgIpc) is 3.25. The van der Waals surface area contributed by atoms with Crippen molar-refractivity contribution in [1.29, 1.82) is 0 Å². The number of guanidine groups is 1. The fourth-order valence-electron chi connectivity index (χ4n) is 3.85. The van der Waals surface area contributed by atoms with Gasteiger partial charge in [-0.05, 0) is 38.3 Å². The molecule has 0 aromatic heterocycles. The van der Waals surface area contributed by atoms with Crippen molar-refractivity contribution in [2.45, 2.75) is 38.8 Å². The fourth-order valence-corrected chi connectivity index (χ4v) is 3.85. The highest BCUT2D eigenvalue weighted by molar-refractivity contribution is 14.0. The zero-order valence-corrected chi connectivity index (χ0v) is 20.1. The van der Waals surface area contributed by atoms with Crippen LogP contribution in [0.2, 0.25) is 0 Å². The minimum Gasteiger partial charge on any atom is -0.376 e. The largest absolute Gasteiger partial charge is 0.376 e. The lowest BCUT2D eigenvalue weighted by atomic mass is 10.2. The number of nitrogens with zero attached hydrogens (tertiary/aromatic N) is 3. The molecule has 1 atom stereocenters. The first-order valence-electron chi connectivity index (χ1n) is 11.0. The average molecular weight is 515 g/mol. The smallest absolute Gasteiger partial charge is 0.191 e.